The first-order chi connectivity index (χ1) is 16.3. The van der Waals surface area contributed by atoms with E-state index in [2.05, 4.69) is 15.5 Å². The maximum absolute atomic E-state index is 13.0. The summed E-state index contributed by atoms with van der Waals surface area (Å²) < 4.78 is 43.5. The molecule has 1 saturated heterocycles. The molecule has 10 nitrogen and oxygen atoms in total. The fourth-order valence-electron chi connectivity index (χ4n) is 3.80. The van der Waals surface area contributed by atoms with Crippen molar-refractivity contribution < 1.29 is 27.1 Å². The third kappa shape index (κ3) is 4.90. The lowest BCUT2D eigenvalue weighted by Gasteiger charge is -2.30. The van der Waals surface area contributed by atoms with Gasteiger partial charge in [-0.3, -0.25) is 10.1 Å². The number of amides is 1. The largest absolute Gasteiger partial charge is 0.493 e. The lowest BCUT2D eigenvalue weighted by atomic mass is 9.99. The second-order valence-electron chi connectivity index (χ2n) is 7.99. The van der Waals surface area contributed by atoms with Crippen LogP contribution >= 0.6 is 0 Å². The highest BCUT2D eigenvalue weighted by Gasteiger charge is 2.33. The highest BCUT2D eigenvalue weighted by atomic mass is 32.2. The molecular formula is C23H26N4O6S. The van der Waals surface area contributed by atoms with Gasteiger partial charge in [0.1, 0.15) is 0 Å². The van der Waals surface area contributed by atoms with Crippen LogP contribution in [-0.2, 0) is 14.8 Å². The third-order valence-corrected chi connectivity index (χ3v) is 7.58. The van der Waals surface area contributed by atoms with E-state index in [0.717, 1.165) is 5.56 Å². The molecule has 3 aromatic rings. The second kappa shape index (κ2) is 9.82. The minimum Gasteiger partial charge on any atom is -0.493 e. The first-order valence-electron chi connectivity index (χ1n) is 10.8. The van der Waals surface area contributed by atoms with Gasteiger partial charge in [0.15, 0.2) is 11.5 Å². The van der Waals surface area contributed by atoms with E-state index < -0.39 is 15.9 Å². The molecule has 1 fully saturated rings. The molecule has 1 N–H and O–H groups in total. The fraction of sp³-hybridized carbons (Fsp3) is 0.348. The molecule has 11 heteroatoms. The maximum Gasteiger partial charge on any atom is 0.322 e. The van der Waals surface area contributed by atoms with Crippen LogP contribution < -0.4 is 14.8 Å². The van der Waals surface area contributed by atoms with Crippen molar-refractivity contribution in [3.05, 3.63) is 48.0 Å². The van der Waals surface area contributed by atoms with E-state index in [4.69, 9.17) is 13.9 Å². The third-order valence-electron chi connectivity index (χ3n) is 5.70. The Balaban J connectivity index is 1.44. The maximum atomic E-state index is 13.0. The normalized spacial score (nSPS) is 16.7. The average Bonchev–Trinajstić information content (AvgIpc) is 3.32. The van der Waals surface area contributed by atoms with Gasteiger partial charge in [0, 0.05) is 18.7 Å². The van der Waals surface area contributed by atoms with E-state index in [9.17, 15) is 13.2 Å². The number of rotatable bonds is 7. The minimum atomic E-state index is -3.68. The Hall–Kier alpha value is -3.44. The number of ether oxygens (including phenoxy) is 2. The summed E-state index contributed by atoms with van der Waals surface area (Å²) in [5.74, 6) is 0.350. The number of nitrogens with one attached hydrogen (secondary N) is 1. The summed E-state index contributed by atoms with van der Waals surface area (Å²) in [5, 5.41) is 10.5. The molecule has 1 aliphatic heterocycles. The summed E-state index contributed by atoms with van der Waals surface area (Å²) in [4.78, 5) is 13.1. The van der Waals surface area contributed by atoms with Gasteiger partial charge >= 0.3 is 6.01 Å². The quantitative estimate of drug-likeness (QED) is 0.540. The average molecular weight is 487 g/mol. The summed E-state index contributed by atoms with van der Waals surface area (Å²) >= 11 is 0. The van der Waals surface area contributed by atoms with E-state index in [0.29, 0.717) is 36.4 Å². The van der Waals surface area contributed by atoms with Crippen LogP contribution in [0.5, 0.6) is 11.5 Å². The molecule has 0 radical (unpaired) electrons. The molecule has 1 atom stereocenters. The molecule has 0 aliphatic carbocycles. The van der Waals surface area contributed by atoms with Crippen LogP contribution in [0.3, 0.4) is 0 Å². The standard InChI is InChI=1S/C23H26N4O6S/c1-15-6-9-18(10-7-15)34(29,30)27-12-4-5-17(14-27)21(28)24-23-26-25-22(33-23)16-8-11-19(31-2)20(13-16)32-3/h6-11,13,17H,4-5,12,14H2,1-3H3,(H,24,26,28). The van der Waals surface area contributed by atoms with Gasteiger partial charge in [0.2, 0.25) is 21.8 Å². The fourth-order valence-corrected chi connectivity index (χ4v) is 5.32. The Labute approximate surface area is 197 Å². The van der Waals surface area contributed by atoms with Crippen LogP contribution in [0.4, 0.5) is 6.01 Å². The zero-order valence-electron chi connectivity index (χ0n) is 19.1. The molecule has 1 unspecified atom stereocenters. The molecule has 0 saturated carbocycles. The van der Waals surface area contributed by atoms with Gasteiger partial charge in [-0.1, -0.05) is 22.8 Å². The van der Waals surface area contributed by atoms with Crippen molar-refractivity contribution in [2.75, 3.05) is 32.6 Å². The topological polar surface area (TPSA) is 124 Å². The van der Waals surface area contributed by atoms with Crippen molar-refractivity contribution in [3.8, 4) is 23.0 Å². The van der Waals surface area contributed by atoms with Crippen LogP contribution in [0.1, 0.15) is 18.4 Å². The SMILES string of the molecule is COc1ccc(-c2nnc(NC(=O)C3CCCN(S(=O)(=O)c4ccc(C)cc4)C3)o2)cc1OC. The first kappa shape index (κ1) is 23.7. The van der Waals surface area contributed by atoms with Gasteiger partial charge in [0.05, 0.1) is 25.0 Å². The van der Waals surface area contributed by atoms with Crippen LogP contribution in [0.2, 0.25) is 0 Å². The Bertz CT molecular complexity index is 1270. The predicted octanol–water partition coefficient (Wildman–Crippen LogP) is 3.10. The Morgan fingerprint density at radius 2 is 1.82 bits per heavy atom. The zero-order chi connectivity index (χ0) is 24.3. The number of carbonyl (C=O) groups is 1. The number of methoxy groups -OCH3 is 2. The minimum absolute atomic E-state index is 0.0618. The molecule has 0 spiro atoms. The molecule has 2 heterocycles. The number of sulfonamides is 1. The Kier molecular flexibility index (Phi) is 6.85. The second-order valence-corrected chi connectivity index (χ2v) is 9.92. The van der Waals surface area contributed by atoms with E-state index in [1.54, 1.807) is 42.5 Å². The smallest absolute Gasteiger partial charge is 0.322 e. The summed E-state index contributed by atoms with van der Waals surface area (Å²) in [6.45, 7) is 2.34. The van der Waals surface area contributed by atoms with Crippen molar-refractivity contribution in [2.45, 2.75) is 24.7 Å². The molecule has 0 bridgehead atoms. The molecule has 180 valence electrons. The van der Waals surface area contributed by atoms with E-state index in [-0.39, 0.29) is 29.3 Å². The monoisotopic (exact) mass is 486 g/mol. The predicted molar refractivity (Wildman–Crippen MR) is 124 cm³/mol. The molecular weight excluding hydrogens is 460 g/mol. The number of aryl methyl sites for hydroxylation is 1. The number of carbonyl (C=O) groups excluding carboxylic acids is 1. The summed E-state index contributed by atoms with van der Waals surface area (Å²) in [7, 11) is -0.623. The van der Waals surface area contributed by atoms with Crippen LogP contribution in [0.25, 0.3) is 11.5 Å². The van der Waals surface area contributed by atoms with Gasteiger partial charge in [-0.05, 0) is 50.1 Å². The zero-order valence-corrected chi connectivity index (χ0v) is 20.0. The van der Waals surface area contributed by atoms with Crippen LogP contribution in [-0.4, -0.2) is 56.1 Å². The van der Waals surface area contributed by atoms with Gasteiger partial charge in [-0.15, -0.1) is 5.10 Å². The van der Waals surface area contributed by atoms with Gasteiger partial charge < -0.3 is 13.9 Å². The number of nitrogens with zero attached hydrogens (tertiary/aromatic N) is 3. The van der Waals surface area contributed by atoms with Gasteiger partial charge in [0.25, 0.3) is 0 Å². The van der Waals surface area contributed by atoms with E-state index in [1.165, 1.54) is 18.5 Å². The van der Waals surface area contributed by atoms with Crippen molar-refractivity contribution in [3.63, 3.8) is 0 Å². The lowest BCUT2D eigenvalue weighted by Crippen LogP contribution is -2.43. The molecule has 4 rings (SSSR count). The first-order valence-corrected chi connectivity index (χ1v) is 12.2. The van der Waals surface area contributed by atoms with E-state index >= 15 is 0 Å². The Morgan fingerprint density at radius 3 is 2.53 bits per heavy atom. The molecule has 1 aliphatic rings. The molecule has 2 aromatic carbocycles. The number of benzene rings is 2. The highest BCUT2D eigenvalue weighted by molar-refractivity contribution is 7.89. The lowest BCUT2D eigenvalue weighted by molar-refractivity contribution is -0.121. The number of hydrogen-bond donors (Lipinski definition) is 1. The number of aromatic nitrogens is 2. The van der Waals surface area contributed by atoms with Crippen molar-refractivity contribution in [2.24, 2.45) is 5.92 Å². The van der Waals surface area contributed by atoms with Crippen LogP contribution in [0.15, 0.2) is 51.8 Å². The van der Waals surface area contributed by atoms with Gasteiger partial charge in [-0.2, -0.15) is 4.31 Å². The highest BCUT2D eigenvalue weighted by Crippen LogP contribution is 2.32. The summed E-state index contributed by atoms with van der Waals surface area (Å²) in [6.07, 6.45) is 1.13. The number of anilines is 1. The number of hydrogen-bond acceptors (Lipinski definition) is 8. The van der Waals surface area contributed by atoms with Crippen molar-refractivity contribution >= 4 is 21.9 Å². The molecule has 34 heavy (non-hydrogen) atoms. The van der Waals surface area contributed by atoms with Gasteiger partial charge in [-0.25, -0.2) is 8.42 Å². The molecule has 1 aromatic heterocycles. The summed E-state index contributed by atoms with van der Waals surface area (Å²) in [6, 6.07) is 11.8. The van der Waals surface area contributed by atoms with Crippen LogP contribution in [0, 0.1) is 12.8 Å². The summed E-state index contributed by atoms with van der Waals surface area (Å²) in [5.41, 5.74) is 1.57. The van der Waals surface area contributed by atoms with Crippen molar-refractivity contribution in [1.82, 2.24) is 14.5 Å². The van der Waals surface area contributed by atoms with E-state index in [1.807, 2.05) is 6.92 Å². The Morgan fingerprint density at radius 1 is 1.09 bits per heavy atom. The van der Waals surface area contributed by atoms with Crippen molar-refractivity contribution in [1.29, 1.82) is 0 Å². The number of piperidine rings is 1. The molecule has 1 amide bonds.